The summed E-state index contributed by atoms with van der Waals surface area (Å²) >= 11 is 0. The van der Waals surface area contributed by atoms with E-state index in [0.29, 0.717) is 6.61 Å². The first kappa shape index (κ1) is 13.3. The van der Waals surface area contributed by atoms with Crippen LogP contribution in [0.1, 0.15) is 31.0 Å². The fraction of sp³-hybridized carbons (Fsp3) is 0.438. The minimum atomic E-state index is -0.253. The van der Waals surface area contributed by atoms with Gasteiger partial charge in [-0.3, -0.25) is 4.68 Å². The van der Waals surface area contributed by atoms with Crippen molar-refractivity contribution in [2.24, 2.45) is 7.05 Å². The number of likely N-dealkylation sites (N-methyl/N-ethyl adjacent to an activating group) is 1. The summed E-state index contributed by atoms with van der Waals surface area (Å²) in [7, 11) is 3.94. The molecule has 0 fully saturated rings. The molecule has 0 aliphatic carbocycles. The molecule has 2 aromatic rings. The van der Waals surface area contributed by atoms with E-state index in [4.69, 9.17) is 4.74 Å². The summed E-state index contributed by atoms with van der Waals surface area (Å²) in [6.45, 7) is 4.97. The molecule has 1 N–H and O–H groups in total. The van der Waals surface area contributed by atoms with Crippen LogP contribution in [0.25, 0.3) is 11.3 Å². The Hall–Kier alpha value is -1.65. The van der Waals surface area contributed by atoms with Crippen LogP contribution in [0.5, 0.6) is 0 Å². The lowest BCUT2D eigenvalue weighted by atomic mass is 9.85. The Kier molecular flexibility index (Phi) is 3.15. The first-order chi connectivity index (χ1) is 9.53. The van der Waals surface area contributed by atoms with Gasteiger partial charge in [0, 0.05) is 18.8 Å². The normalized spacial score (nSPS) is 20.7. The molecule has 4 nitrogen and oxygen atoms in total. The van der Waals surface area contributed by atoms with E-state index >= 15 is 0 Å². The van der Waals surface area contributed by atoms with Crippen molar-refractivity contribution in [1.82, 2.24) is 15.1 Å². The quantitative estimate of drug-likeness (QED) is 0.912. The molecule has 4 heteroatoms. The first-order valence-electron chi connectivity index (χ1n) is 6.97. The van der Waals surface area contributed by atoms with E-state index in [1.807, 2.05) is 31.0 Å². The van der Waals surface area contributed by atoms with Gasteiger partial charge in [0.25, 0.3) is 0 Å². The van der Waals surface area contributed by atoms with Crippen molar-refractivity contribution in [3.8, 4) is 11.3 Å². The van der Waals surface area contributed by atoms with Crippen LogP contribution in [0.4, 0.5) is 0 Å². The number of rotatable bonds is 2. The fourth-order valence-electron chi connectivity index (χ4n) is 2.90. The number of benzene rings is 1. The lowest BCUT2D eigenvalue weighted by Gasteiger charge is -2.37. The number of ether oxygens (including phenoxy) is 1. The Bertz CT molecular complexity index is 630. The van der Waals surface area contributed by atoms with Crippen molar-refractivity contribution in [1.29, 1.82) is 0 Å². The van der Waals surface area contributed by atoms with Crippen LogP contribution in [-0.4, -0.2) is 23.4 Å². The molecule has 1 aliphatic rings. The van der Waals surface area contributed by atoms with E-state index in [0.717, 1.165) is 5.69 Å². The molecule has 1 aliphatic heterocycles. The third-order valence-corrected chi connectivity index (χ3v) is 4.15. The van der Waals surface area contributed by atoms with Gasteiger partial charge in [0.15, 0.2) is 0 Å². The van der Waals surface area contributed by atoms with Crippen molar-refractivity contribution in [2.75, 3.05) is 13.7 Å². The summed E-state index contributed by atoms with van der Waals surface area (Å²) in [5, 5.41) is 7.57. The summed E-state index contributed by atoms with van der Waals surface area (Å²) in [5.41, 5.74) is 4.63. The minimum Gasteiger partial charge on any atom is -0.369 e. The van der Waals surface area contributed by atoms with Gasteiger partial charge < -0.3 is 10.1 Å². The molecule has 1 aromatic carbocycles. The molecule has 0 bridgehead atoms. The third-order valence-electron chi connectivity index (χ3n) is 4.15. The predicted molar refractivity (Wildman–Crippen MR) is 79.4 cm³/mol. The number of aromatic nitrogens is 2. The highest BCUT2D eigenvalue weighted by molar-refractivity contribution is 5.62. The van der Waals surface area contributed by atoms with Gasteiger partial charge in [-0.05, 0) is 44.2 Å². The molecule has 106 valence electrons. The van der Waals surface area contributed by atoms with Gasteiger partial charge in [0.2, 0.25) is 0 Å². The number of nitrogens with one attached hydrogen (secondary N) is 1. The van der Waals surface area contributed by atoms with E-state index in [9.17, 15) is 0 Å². The lowest BCUT2D eigenvalue weighted by Crippen LogP contribution is -2.36. The van der Waals surface area contributed by atoms with Crippen molar-refractivity contribution in [2.45, 2.75) is 25.5 Å². The second-order valence-corrected chi connectivity index (χ2v) is 5.80. The molecule has 3 rings (SSSR count). The Morgan fingerprint density at radius 3 is 2.80 bits per heavy atom. The molecule has 0 amide bonds. The second-order valence-electron chi connectivity index (χ2n) is 5.80. The Labute approximate surface area is 119 Å². The van der Waals surface area contributed by atoms with Crippen LogP contribution < -0.4 is 5.32 Å². The smallest absolute Gasteiger partial charge is 0.0879 e. The van der Waals surface area contributed by atoms with Crippen LogP contribution in [0.2, 0.25) is 0 Å². The maximum Gasteiger partial charge on any atom is 0.0879 e. The average Bonchev–Trinajstić information content (AvgIpc) is 2.85. The molecule has 0 saturated heterocycles. The predicted octanol–water partition coefficient (Wildman–Crippen LogP) is 2.61. The van der Waals surface area contributed by atoms with Gasteiger partial charge in [0.1, 0.15) is 0 Å². The van der Waals surface area contributed by atoms with Gasteiger partial charge in [0.05, 0.1) is 23.9 Å². The molecular formula is C16H21N3O. The third kappa shape index (κ3) is 2.05. The number of nitrogens with zero attached hydrogens (tertiary/aromatic N) is 2. The maximum absolute atomic E-state index is 6.01. The monoisotopic (exact) mass is 271 g/mol. The van der Waals surface area contributed by atoms with Crippen LogP contribution in [0, 0.1) is 0 Å². The summed E-state index contributed by atoms with van der Waals surface area (Å²) in [4.78, 5) is 0. The van der Waals surface area contributed by atoms with Crippen LogP contribution >= 0.6 is 0 Å². The number of hydrogen-bond acceptors (Lipinski definition) is 3. The minimum absolute atomic E-state index is 0.253. The molecule has 0 spiro atoms. The van der Waals surface area contributed by atoms with Crippen LogP contribution in [0.3, 0.4) is 0 Å². The fourth-order valence-corrected chi connectivity index (χ4v) is 2.90. The SMILES string of the molecule is CNC1COC(C)(C)c2cc(-c3ccnn3C)ccc21. The van der Waals surface area contributed by atoms with Crippen molar-refractivity contribution >= 4 is 0 Å². The van der Waals surface area contributed by atoms with Gasteiger partial charge in [-0.25, -0.2) is 0 Å². The topological polar surface area (TPSA) is 39.1 Å². The highest BCUT2D eigenvalue weighted by Crippen LogP contribution is 2.38. The van der Waals surface area contributed by atoms with Crippen LogP contribution in [-0.2, 0) is 17.4 Å². The molecule has 20 heavy (non-hydrogen) atoms. The van der Waals surface area contributed by atoms with Gasteiger partial charge in [-0.1, -0.05) is 12.1 Å². The largest absolute Gasteiger partial charge is 0.369 e. The van der Waals surface area contributed by atoms with E-state index < -0.39 is 0 Å². The first-order valence-corrected chi connectivity index (χ1v) is 6.97. The summed E-state index contributed by atoms with van der Waals surface area (Å²) in [6, 6.07) is 8.91. The second kappa shape index (κ2) is 4.72. The zero-order chi connectivity index (χ0) is 14.3. The molecule has 1 aromatic heterocycles. The molecule has 0 radical (unpaired) electrons. The Morgan fingerprint density at radius 1 is 1.35 bits per heavy atom. The molecule has 2 heterocycles. The van der Waals surface area contributed by atoms with Crippen molar-refractivity contribution in [3.63, 3.8) is 0 Å². The zero-order valence-electron chi connectivity index (χ0n) is 12.5. The highest BCUT2D eigenvalue weighted by atomic mass is 16.5. The maximum atomic E-state index is 6.01. The molecule has 1 atom stereocenters. The highest BCUT2D eigenvalue weighted by Gasteiger charge is 2.33. The average molecular weight is 271 g/mol. The standard InChI is InChI=1S/C16H21N3O/c1-16(2)13-9-11(15-7-8-18-19(15)4)5-6-12(13)14(17-3)10-20-16/h5-9,14,17H,10H2,1-4H3. The molecular weight excluding hydrogens is 250 g/mol. The molecule has 0 saturated carbocycles. The van der Waals surface area contributed by atoms with E-state index in [2.05, 4.69) is 42.5 Å². The lowest BCUT2D eigenvalue weighted by molar-refractivity contribution is -0.0461. The number of hydrogen-bond donors (Lipinski definition) is 1. The summed E-state index contributed by atoms with van der Waals surface area (Å²) < 4.78 is 7.91. The molecule has 1 unspecified atom stereocenters. The van der Waals surface area contributed by atoms with Gasteiger partial charge in [-0.15, -0.1) is 0 Å². The van der Waals surface area contributed by atoms with Crippen molar-refractivity contribution < 1.29 is 4.74 Å². The Morgan fingerprint density at radius 2 is 2.15 bits per heavy atom. The van der Waals surface area contributed by atoms with Crippen molar-refractivity contribution in [3.05, 3.63) is 41.6 Å². The van der Waals surface area contributed by atoms with Gasteiger partial charge >= 0.3 is 0 Å². The van der Waals surface area contributed by atoms with E-state index in [-0.39, 0.29) is 11.6 Å². The van der Waals surface area contributed by atoms with E-state index in [1.165, 1.54) is 16.7 Å². The summed E-state index contributed by atoms with van der Waals surface area (Å²) in [5.74, 6) is 0. The number of fused-ring (bicyclic) bond motifs is 1. The summed E-state index contributed by atoms with van der Waals surface area (Å²) in [6.07, 6.45) is 1.83. The zero-order valence-corrected chi connectivity index (χ0v) is 12.5. The Balaban J connectivity index is 2.13. The van der Waals surface area contributed by atoms with E-state index in [1.54, 1.807) is 0 Å². The number of aryl methyl sites for hydroxylation is 1. The van der Waals surface area contributed by atoms with Crippen LogP contribution in [0.15, 0.2) is 30.5 Å². The van der Waals surface area contributed by atoms with Gasteiger partial charge in [-0.2, -0.15) is 5.10 Å².